The molecule has 1 atom stereocenters. The second kappa shape index (κ2) is 13.9. The molecule has 2 amide bonds. The molecule has 1 fully saturated rings. The van der Waals surface area contributed by atoms with Crippen LogP contribution in [-0.2, 0) is 26.2 Å². The van der Waals surface area contributed by atoms with Gasteiger partial charge in [-0.25, -0.2) is 8.42 Å². The fraction of sp³-hybridized carbons (Fsp3) is 0.333. The molecule has 218 valence electrons. The minimum absolute atomic E-state index is 0.00634. The van der Waals surface area contributed by atoms with E-state index in [1.807, 2.05) is 0 Å². The van der Waals surface area contributed by atoms with Crippen LogP contribution in [0, 0.1) is 0 Å². The molecule has 0 spiro atoms. The number of rotatable bonds is 10. The lowest BCUT2D eigenvalue weighted by atomic mass is 9.95. The zero-order chi connectivity index (χ0) is 29.6. The first-order valence-electron chi connectivity index (χ1n) is 13.4. The third-order valence-corrected chi connectivity index (χ3v) is 10.0. The van der Waals surface area contributed by atoms with Crippen LogP contribution in [0.15, 0.2) is 77.7 Å². The Kier molecular flexibility index (Phi) is 10.6. The van der Waals surface area contributed by atoms with E-state index in [-0.39, 0.29) is 34.1 Å². The van der Waals surface area contributed by atoms with E-state index in [1.165, 1.54) is 17.0 Å². The van der Waals surface area contributed by atoms with Gasteiger partial charge in [-0.3, -0.25) is 13.9 Å². The van der Waals surface area contributed by atoms with Crippen LogP contribution in [0.4, 0.5) is 5.69 Å². The Morgan fingerprint density at radius 3 is 2.20 bits per heavy atom. The predicted molar refractivity (Wildman–Crippen MR) is 164 cm³/mol. The SMILES string of the molecule is CC(C(=O)NC1CCCCC1)N(Cc1ccc(Cl)c(Cl)c1)C(=O)CN(c1ccccc1Cl)S(=O)(=O)c1ccccc1. The predicted octanol–water partition coefficient (Wildman–Crippen LogP) is 6.71. The number of nitrogens with one attached hydrogen (secondary N) is 1. The number of benzene rings is 3. The van der Waals surface area contributed by atoms with Gasteiger partial charge in [-0.2, -0.15) is 0 Å². The monoisotopic (exact) mass is 635 g/mol. The lowest BCUT2D eigenvalue weighted by molar-refractivity contribution is -0.139. The third-order valence-electron chi connectivity index (χ3n) is 7.19. The summed E-state index contributed by atoms with van der Waals surface area (Å²) in [5.41, 5.74) is 0.792. The maximum atomic E-state index is 14.0. The molecule has 1 unspecified atom stereocenters. The standard InChI is InChI=1S/C30H32Cl3N3O4S/c1-21(30(38)34-23-10-4-2-5-11-23)35(19-22-16-17-25(31)27(33)18-22)29(37)20-36(28-15-9-8-14-26(28)32)41(39,40)24-12-6-3-7-13-24/h3,6-9,12-18,21,23H,2,4-5,10-11,19-20H2,1H3,(H,34,38). The molecule has 1 N–H and O–H groups in total. The van der Waals surface area contributed by atoms with E-state index in [1.54, 1.807) is 67.6 Å². The second-order valence-corrected chi connectivity index (χ2v) is 13.1. The zero-order valence-corrected chi connectivity index (χ0v) is 25.7. The van der Waals surface area contributed by atoms with Crippen molar-refractivity contribution >= 4 is 62.3 Å². The molecule has 0 aromatic heterocycles. The lowest BCUT2D eigenvalue weighted by Gasteiger charge is -2.33. The summed E-state index contributed by atoms with van der Waals surface area (Å²) in [6, 6.07) is 18.3. The number of hydrogen-bond donors (Lipinski definition) is 1. The molecule has 4 rings (SSSR count). The number of nitrogens with zero attached hydrogens (tertiary/aromatic N) is 2. The molecule has 1 saturated carbocycles. The first kappa shape index (κ1) is 31.2. The number of anilines is 1. The van der Waals surface area contributed by atoms with Crippen LogP contribution >= 0.6 is 34.8 Å². The molecule has 0 saturated heterocycles. The topological polar surface area (TPSA) is 86.8 Å². The van der Waals surface area contributed by atoms with Gasteiger partial charge in [-0.1, -0.05) is 90.5 Å². The van der Waals surface area contributed by atoms with E-state index < -0.39 is 28.5 Å². The van der Waals surface area contributed by atoms with Crippen molar-refractivity contribution in [2.45, 2.75) is 62.6 Å². The molecule has 11 heteroatoms. The summed E-state index contributed by atoms with van der Waals surface area (Å²) in [6.07, 6.45) is 4.98. The molecule has 3 aromatic carbocycles. The smallest absolute Gasteiger partial charge is 0.264 e. The van der Waals surface area contributed by atoms with Crippen LogP contribution in [0.1, 0.15) is 44.6 Å². The van der Waals surface area contributed by atoms with Gasteiger partial charge in [0.25, 0.3) is 10.0 Å². The van der Waals surface area contributed by atoms with E-state index >= 15 is 0 Å². The highest BCUT2D eigenvalue weighted by atomic mass is 35.5. The minimum Gasteiger partial charge on any atom is -0.352 e. The summed E-state index contributed by atoms with van der Waals surface area (Å²) in [6.45, 7) is 1.07. The Morgan fingerprint density at radius 1 is 0.878 bits per heavy atom. The summed E-state index contributed by atoms with van der Waals surface area (Å²) < 4.78 is 28.7. The Balaban J connectivity index is 1.69. The summed E-state index contributed by atoms with van der Waals surface area (Å²) in [5.74, 6) is -0.887. The number of hydrogen-bond acceptors (Lipinski definition) is 4. The van der Waals surface area contributed by atoms with Crippen LogP contribution in [-0.4, -0.2) is 43.8 Å². The van der Waals surface area contributed by atoms with Gasteiger partial charge in [0.1, 0.15) is 12.6 Å². The number of halogens is 3. The highest BCUT2D eigenvalue weighted by molar-refractivity contribution is 7.92. The van der Waals surface area contributed by atoms with Crippen LogP contribution in [0.25, 0.3) is 0 Å². The van der Waals surface area contributed by atoms with E-state index in [0.717, 1.165) is 36.4 Å². The van der Waals surface area contributed by atoms with E-state index in [9.17, 15) is 18.0 Å². The molecule has 0 radical (unpaired) electrons. The molecular formula is C30H32Cl3N3O4S. The third kappa shape index (κ3) is 7.74. The van der Waals surface area contributed by atoms with E-state index in [2.05, 4.69) is 5.32 Å². The van der Waals surface area contributed by atoms with Crippen molar-refractivity contribution in [3.05, 3.63) is 93.4 Å². The summed E-state index contributed by atoms with van der Waals surface area (Å²) >= 11 is 18.8. The molecule has 3 aromatic rings. The van der Waals surface area contributed by atoms with Gasteiger partial charge in [0.2, 0.25) is 11.8 Å². The lowest BCUT2D eigenvalue weighted by Crippen LogP contribution is -2.53. The van der Waals surface area contributed by atoms with Crippen LogP contribution in [0.2, 0.25) is 15.1 Å². The van der Waals surface area contributed by atoms with Gasteiger partial charge < -0.3 is 10.2 Å². The van der Waals surface area contributed by atoms with Gasteiger partial charge in [0.05, 0.1) is 25.7 Å². The van der Waals surface area contributed by atoms with Crippen molar-refractivity contribution in [1.82, 2.24) is 10.2 Å². The maximum Gasteiger partial charge on any atom is 0.264 e. The van der Waals surface area contributed by atoms with Crippen LogP contribution < -0.4 is 9.62 Å². The Bertz CT molecular complexity index is 1480. The normalized spacial score (nSPS) is 14.7. The van der Waals surface area contributed by atoms with Crippen molar-refractivity contribution in [3.8, 4) is 0 Å². The first-order chi connectivity index (χ1) is 19.6. The molecule has 0 heterocycles. The average molecular weight is 637 g/mol. The van der Waals surface area contributed by atoms with Gasteiger partial charge in [0.15, 0.2) is 0 Å². The summed E-state index contributed by atoms with van der Waals surface area (Å²) in [4.78, 5) is 28.8. The summed E-state index contributed by atoms with van der Waals surface area (Å²) in [7, 11) is -4.20. The number of sulfonamides is 1. The van der Waals surface area contributed by atoms with Crippen molar-refractivity contribution < 1.29 is 18.0 Å². The Hall–Kier alpha value is -2.78. The maximum absolute atomic E-state index is 14.0. The van der Waals surface area contributed by atoms with Crippen LogP contribution in [0.5, 0.6) is 0 Å². The number of amides is 2. The molecule has 0 aliphatic heterocycles. The second-order valence-electron chi connectivity index (χ2n) is 10.1. The molecule has 1 aliphatic carbocycles. The fourth-order valence-corrected chi connectivity index (χ4v) is 6.94. The van der Waals surface area contributed by atoms with E-state index in [4.69, 9.17) is 34.8 Å². The minimum atomic E-state index is -4.20. The Morgan fingerprint density at radius 2 is 1.54 bits per heavy atom. The first-order valence-corrected chi connectivity index (χ1v) is 16.0. The van der Waals surface area contributed by atoms with E-state index in [0.29, 0.717) is 15.6 Å². The fourth-order valence-electron chi connectivity index (χ4n) is 4.87. The van der Waals surface area contributed by atoms with Crippen molar-refractivity contribution in [1.29, 1.82) is 0 Å². The molecular weight excluding hydrogens is 605 g/mol. The highest BCUT2D eigenvalue weighted by Crippen LogP contribution is 2.31. The molecule has 41 heavy (non-hydrogen) atoms. The molecule has 1 aliphatic rings. The van der Waals surface area contributed by atoms with Crippen molar-refractivity contribution in [2.75, 3.05) is 10.8 Å². The van der Waals surface area contributed by atoms with Gasteiger partial charge in [0, 0.05) is 12.6 Å². The summed E-state index contributed by atoms with van der Waals surface area (Å²) in [5, 5.41) is 3.91. The van der Waals surface area contributed by atoms with Crippen LogP contribution in [0.3, 0.4) is 0 Å². The van der Waals surface area contributed by atoms with Crippen molar-refractivity contribution in [3.63, 3.8) is 0 Å². The molecule has 7 nitrogen and oxygen atoms in total. The number of carbonyl (C=O) groups excluding carboxylic acids is 2. The Labute approximate surface area is 256 Å². The number of carbonyl (C=O) groups is 2. The van der Waals surface area contributed by atoms with Crippen molar-refractivity contribution in [2.24, 2.45) is 0 Å². The zero-order valence-electron chi connectivity index (χ0n) is 22.6. The largest absolute Gasteiger partial charge is 0.352 e. The quantitative estimate of drug-likeness (QED) is 0.268. The average Bonchev–Trinajstić information content (AvgIpc) is 2.97. The highest BCUT2D eigenvalue weighted by Gasteiger charge is 2.34. The number of para-hydroxylation sites is 1. The molecule has 0 bridgehead atoms. The van der Waals surface area contributed by atoms with Gasteiger partial charge in [-0.05, 0) is 61.7 Å². The van der Waals surface area contributed by atoms with Gasteiger partial charge in [-0.15, -0.1) is 0 Å². The van der Waals surface area contributed by atoms with Gasteiger partial charge >= 0.3 is 0 Å².